The van der Waals surface area contributed by atoms with Crippen molar-refractivity contribution in [3.05, 3.63) is 0 Å². The average molecular weight is 310 g/mol. The van der Waals surface area contributed by atoms with Crippen molar-refractivity contribution in [1.29, 1.82) is 0 Å². The molecule has 2 aliphatic heterocycles. The second-order valence-corrected chi connectivity index (χ2v) is 6.28. The van der Waals surface area contributed by atoms with Crippen LogP contribution in [0.25, 0.3) is 0 Å². The molecule has 2 aliphatic rings. The molecule has 0 unspecified atom stereocenters. The molecule has 2 amide bonds. The summed E-state index contributed by atoms with van der Waals surface area (Å²) in [4.78, 5) is 25.3. The van der Waals surface area contributed by atoms with Crippen LogP contribution in [-0.2, 0) is 14.3 Å². The third-order valence-electron chi connectivity index (χ3n) is 3.76. The van der Waals surface area contributed by atoms with Gasteiger partial charge in [-0.05, 0) is 12.3 Å². The minimum atomic E-state index is -0.199. The Kier molecular flexibility index (Phi) is 6.33. The van der Waals surface area contributed by atoms with Gasteiger partial charge in [0.15, 0.2) is 0 Å². The van der Waals surface area contributed by atoms with Crippen molar-refractivity contribution >= 4 is 17.5 Å². The Bertz CT molecular complexity index is 437. The molecule has 1 fully saturated rings. The van der Waals surface area contributed by atoms with Gasteiger partial charge in [0.05, 0.1) is 12.7 Å². The smallest absolute Gasteiger partial charge is 0.267 e. The summed E-state index contributed by atoms with van der Waals surface area (Å²) in [5, 5.41) is 6.64. The first-order valence-electron chi connectivity index (χ1n) is 8.02. The molecule has 2 N–H and O–H groups in total. The Balaban J connectivity index is 1.67. The van der Waals surface area contributed by atoms with Crippen LogP contribution in [0.5, 0.6) is 0 Å². The van der Waals surface area contributed by atoms with E-state index in [4.69, 9.17) is 4.74 Å². The first kappa shape index (κ1) is 16.9. The lowest BCUT2D eigenvalue weighted by Gasteiger charge is -2.34. The third-order valence-corrected chi connectivity index (χ3v) is 3.76. The van der Waals surface area contributed by atoms with E-state index < -0.39 is 0 Å². The minimum Gasteiger partial charge on any atom is -0.375 e. The Morgan fingerprint density at radius 2 is 2.32 bits per heavy atom. The molecular formula is C15H26N4O3. The Hall–Kier alpha value is -1.47. The van der Waals surface area contributed by atoms with Crippen molar-refractivity contribution in [2.75, 3.05) is 32.8 Å². The van der Waals surface area contributed by atoms with Crippen LogP contribution < -0.4 is 10.7 Å². The van der Waals surface area contributed by atoms with Crippen LogP contribution in [-0.4, -0.2) is 61.3 Å². The third kappa shape index (κ3) is 5.38. The standard InChI is InChI=1S/C15H26N4O3/c1-11(2)9-19-7-8-22-12(10-19)5-6-16-15(21)13-3-4-14(20)18-17-13/h11-12H,3-10H2,1-2H3,(H,16,21)(H,18,20)/t12-/m0/s1. The number of nitrogens with zero attached hydrogens (tertiary/aromatic N) is 2. The summed E-state index contributed by atoms with van der Waals surface area (Å²) in [6.45, 7) is 8.74. The van der Waals surface area contributed by atoms with Crippen LogP contribution in [0.4, 0.5) is 0 Å². The number of hydrazone groups is 1. The predicted molar refractivity (Wildman–Crippen MR) is 83.5 cm³/mol. The minimum absolute atomic E-state index is 0.141. The van der Waals surface area contributed by atoms with Crippen molar-refractivity contribution < 1.29 is 14.3 Å². The fraction of sp³-hybridized carbons (Fsp3) is 0.800. The first-order chi connectivity index (χ1) is 10.5. The molecule has 2 heterocycles. The van der Waals surface area contributed by atoms with Gasteiger partial charge >= 0.3 is 0 Å². The van der Waals surface area contributed by atoms with Gasteiger partial charge in [-0.15, -0.1) is 0 Å². The van der Waals surface area contributed by atoms with Gasteiger partial charge in [-0.25, -0.2) is 5.43 Å². The normalized spacial score (nSPS) is 23.1. The number of amides is 2. The molecule has 1 atom stereocenters. The molecule has 7 nitrogen and oxygen atoms in total. The zero-order valence-electron chi connectivity index (χ0n) is 13.4. The van der Waals surface area contributed by atoms with E-state index in [1.807, 2.05) is 0 Å². The van der Waals surface area contributed by atoms with Gasteiger partial charge in [-0.1, -0.05) is 13.8 Å². The predicted octanol–water partition coefficient (Wildman–Crippen LogP) is 0.116. The highest BCUT2D eigenvalue weighted by Crippen LogP contribution is 2.10. The lowest BCUT2D eigenvalue weighted by molar-refractivity contribution is -0.121. The number of ether oxygens (including phenoxy) is 1. The summed E-state index contributed by atoms with van der Waals surface area (Å²) in [5.74, 6) is 0.310. The van der Waals surface area contributed by atoms with Crippen LogP contribution in [0.3, 0.4) is 0 Å². The van der Waals surface area contributed by atoms with Gasteiger partial charge < -0.3 is 10.1 Å². The summed E-state index contributed by atoms with van der Waals surface area (Å²) in [5.41, 5.74) is 2.73. The maximum absolute atomic E-state index is 11.9. The van der Waals surface area contributed by atoms with Crippen molar-refractivity contribution in [2.45, 2.75) is 39.2 Å². The van der Waals surface area contributed by atoms with Crippen molar-refractivity contribution in [3.8, 4) is 0 Å². The van der Waals surface area contributed by atoms with E-state index in [9.17, 15) is 9.59 Å². The van der Waals surface area contributed by atoms with E-state index in [-0.39, 0.29) is 17.9 Å². The monoisotopic (exact) mass is 310 g/mol. The molecule has 124 valence electrons. The van der Waals surface area contributed by atoms with Gasteiger partial charge in [0.2, 0.25) is 5.91 Å². The molecule has 0 spiro atoms. The van der Waals surface area contributed by atoms with E-state index in [0.29, 0.717) is 31.0 Å². The zero-order valence-corrected chi connectivity index (χ0v) is 13.4. The van der Waals surface area contributed by atoms with E-state index in [0.717, 1.165) is 32.7 Å². The molecule has 22 heavy (non-hydrogen) atoms. The van der Waals surface area contributed by atoms with Crippen LogP contribution in [0.2, 0.25) is 0 Å². The Labute approximate surface area is 131 Å². The van der Waals surface area contributed by atoms with Crippen molar-refractivity contribution in [2.24, 2.45) is 11.0 Å². The fourth-order valence-corrected chi connectivity index (χ4v) is 2.72. The second-order valence-electron chi connectivity index (χ2n) is 6.28. The quantitative estimate of drug-likeness (QED) is 0.730. The summed E-state index contributed by atoms with van der Waals surface area (Å²) < 4.78 is 5.75. The molecular weight excluding hydrogens is 284 g/mol. The fourth-order valence-electron chi connectivity index (χ4n) is 2.72. The highest BCUT2D eigenvalue weighted by molar-refractivity contribution is 6.39. The summed E-state index contributed by atoms with van der Waals surface area (Å²) in [6, 6.07) is 0. The lowest BCUT2D eigenvalue weighted by Crippen LogP contribution is -2.45. The van der Waals surface area contributed by atoms with Crippen LogP contribution in [0.15, 0.2) is 5.10 Å². The maximum Gasteiger partial charge on any atom is 0.267 e. The van der Waals surface area contributed by atoms with Crippen LogP contribution in [0.1, 0.15) is 33.1 Å². The van der Waals surface area contributed by atoms with Gasteiger partial charge in [-0.2, -0.15) is 5.10 Å². The number of hydrogen-bond acceptors (Lipinski definition) is 5. The summed E-state index contributed by atoms with van der Waals surface area (Å²) >= 11 is 0. The zero-order chi connectivity index (χ0) is 15.9. The number of carbonyl (C=O) groups is 2. The van der Waals surface area contributed by atoms with Crippen molar-refractivity contribution in [1.82, 2.24) is 15.6 Å². The molecule has 0 aliphatic carbocycles. The molecule has 0 aromatic carbocycles. The van der Waals surface area contributed by atoms with Crippen LogP contribution in [0, 0.1) is 5.92 Å². The molecule has 1 saturated heterocycles. The molecule has 2 rings (SSSR count). The number of nitrogens with one attached hydrogen (secondary N) is 2. The highest BCUT2D eigenvalue weighted by Gasteiger charge is 2.22. The van der Waals surface area contributed by atoms with E-state index in [2.05, 4.69) is 34.6 Å². The number of hydrogen-bond donors (Lipinski definition) is 2. The van der Waals surface area contributed by atoms with Gasteiger partial charge in [0.1, 0.15) is 5.71 Å². The average Bonchev–Trinajstić information content (AvgIpc) is 2.47. The molecule has 0 aromatic heterocycles. The molecule has 0 bridgehead atoms. The number of morpholine rings is 1. The number of carbonyl (C=O) groups excluding carboxylic acids is 2. The SMILES string of the molecule is CC(C)CN1CCO[C@@H](CCNC(=O)C2=NNC(=O)CC2)C1. The Morgan fingerprint density at radius 1 is 1.50 bits per heavy atom. The van der Waals surface area contributed by atoms with E-state index >= 15 is 0 Å². The van der Waals surface area contributed by atoms with Crippen LogP contribution >= 0.6 is 0 Å². The van der Waals surface area contributed by atoms with Gasteiger partial charge in [0.25, 0.3) is 5.91 Å². The Morgan fingerprint density at radius 3 is 3.00 bits per heavy atom. The topological polar surface area (TPSA) is 83.0 Å². The largest absolute Gasteiger partial charge is 0.375 e. The van der Waals surface area contributed by atoms with Gasteiger partial charge in [-0.3, -0.25) is 14.5 Å². The second kappa shape index (κ2) is 8.24. The molecule has 7 heteroatoms. The van der Waals surface area contributed by atoms with E-state index in [1.165, 1.54) is 0 Å². The molecule has 0 aromatic rings. The lowest BCUT2D eigenvalue weighted by atomic mass is 10.1. The van der Waals surface area contributed by atoms with Gasteiger partial charge in [0, 0.05) is 39.0 Å². The molecule has 0 saturated carbocycles. The maximum atomic E-state index is 11.9. The van der Waals surface area contributed by atoms with Crippen molar-refractivity contribution in [3.63, 3.8) is 0 Å². The number of rotatable bonds is 6. The van der Waals surface area contributed by atoms with E-state index in [1.54, 1.807) is 0 Å². The first-order valence-corrected chi connectivity index (χ1v) is 8.02. The highest BCUT2D eigenvalue weighted by atomic mass is 16.5. The summed E-state index contributed by atoms with van der Waals surface area (Å²) in [7, 11) is 0. The molecule has 0 radical (unpaired) electrons. The summed E-state index contributed by atoms with van der Waals surface area (Å²) in [6.07, 6.45) is 1.68.